The summed E-state index contributed by atoms with van der Waals surface area (Å²) in [6.45, 7) is 3.15. The van der Waals surface area contributed by atoms with E-state index in [0.717, 1.165) is 9.86 Å². The van der Waals surface area contributed by atoms with Crippen LogP contribution in [0, 0.1) is 5.92 Å². The zero-order valence-electron chi connectivity index (χ0n) is 12.2. The molecule has 6 heteroatoms. The lowest BCUT2D eigenvalue weighted by atomic mass is 9.96. The molecule has 0 spiro atoms. The molecule has 0 saturated heterocycles. The second-order valence-electron chi connectivity index (χ2n) is 4.86. The largest absolute Gasteiger partial charge is 0.465 e. The van der Waals surface area contributed by atoms with Crippen LogP contribution in [0.2, 0.25) is 0 Å². The van der Waals surface area contributed by atoms with Gasteiger partial charge in [-0.3, -0.25) is 9.59 Å². The zero-order valence-corrected chi connectivity index (χ0v) is 13.8. The Morgan fingerprint density at radius 3 is 2.68 bits per heavy atom. The van der Waals surface area contributed by atoms with E-state index in [1.807, 2.05) is 0 Å². The molecule has 1 aromatic carbocycles. The van der Waals surface area contributed by atoms with Gasteiger partial charge in [-0.2, -0.15) is 0 Å². The van der Waals surface area contributed by atoms with Gasteiger partial charge in [0.2, 0.25) is 0 Å². The monoisotopic (exact) mass is 366 g/mol. The standard InChI is InChI=1S/C16H15BrO5/c1-3-21-16(20)13(9(2)18)8-11-6-10-7-12(17)4-5-14(10)22-15(11)19/h4-7,13H,3,8H2,1-2H3. The highest BCUT2D eigenvalue weighted by atomic mass is 79.9. The van der Waals surface area contributed by atoms with Crippen LogP contribution >= 0.6 is 15.9 Å². The maximum Gasteiger partial charge on any atom is 0.339 e. The number of esters is 1. The van der Waals surface area contributed by atoms with Crippen LogP contribution in [0.3, 0.4) is 0 Å². The molecule has 1 unspecified atom stereocenters. The summed E-state index contributed by atoms with van der Waals surface area (Å²) in [6, 6.07) is 6.89. The van der Waals surface area contributed by atoms with Gasteiger partial charge in [0, 0.05) is 15.4 Å². The average molecular weight is 367 g/mol. The molecule has 0 radical (unpaired) electrons. The van der Waals surface area contributed by atoms with E-state index >= 15 is 0 Å². The number of rotatable bonds is 5. The summed E-state index contributed by atoms with van der Waals surface area (Å²) in [5, 5.41) is 0.718. The fraction of sp³-hybridized carbons (Fsp3) is 0.312. The summed E-state index contributed by atoms with van der Waals surface area (Å²) >= 11 is 3.35. The third-order valence-corrected chi connectivity index (χ3v) is 3.75. The Bertz CT molecular complexity index is 778. The van der Waals surface area contributed by atoms with Crippen LogP contribution in [0.4, 0.5) is 0 Å². The van der Waals surface area contributed by atoms with Gasteiger partial charge in [-0.15, -0.1) is 0 Å². The van der Waals surface area contributed by atoms with Crippen molar-refractivity contribution in [3.8, 4) is 0 Å². The molecule has 0 amide bonds. The molecule has 0 saturated carbocycles. The van der Waals surface area contributed by atoms with Gasteiger partial charge < -0.3 is 9.15 Å². The first-order valence-electron chi connectivity index (χ1n) is 6.81. The van der Waals surface area contributed by atoms with E-state index in [-0.39, 0.29) is 24.4 Å². The highest BCUT2D eigenvalue weighted by Gasteiger charge is 2.26. The molecule has 2 aromatic rings. The van der Waals surface area contributed by atoms with Crippen LogP contribution in [0.15, 0.2) is 37.9 Å². The fourth-order valence-corrected chi connectivity index (χ4v) is 2.51. The lowest BCUT2D eigenvalue weighted by Crippen LogP contribution is -2.28. The number of carbonyl (C=O) groups is 2. The van der Waals surface area contributed by atoms with Gasteiger partial charge in [0.25, 0.3) is 0 Å². The first-order chi connectivity index (χ1) is 10.4. The first-order valence-corrected chi connectivity index (χ1v) is 7.61. The molecule has 1 heterocycles. The number of hydrogen-bond donors (Lipinski definition) is 0. The van der Waals surface area contributed by atoms with E-state index in [2.05, 4.69) is 15.9 Å². The molecule has 0 aliphatic heterocycles. The molecule has 0 aliphatic carbocycles. The lowest BCUT2D eigenvalue weighted by molar-refractivity contribution is -0.151. The fourth-order valence-electron chi connectivity index (χ4n) is 2.14. The van der Waals surface area contributed by atoms with Crippen LogP contribution in [-0.4, -0.2) is 18.4 Å². The molecular weight excluding hydrogens is 352 g/mol. The molecule has 2 rings (SSSR count). The highest BCUT2D eigenvalue weighted by molar-refractivity contribution is 9.10. The normalized spacial score (nSPS) is 12.1. The number of carbonyl (C=O) groups excluding carboxylic acids is 2. The van der Waals surface area contributed by atoms with Crippen LogP contribution in [0.1, 0.15) is 19.4 Å². The molecule has 0 bridgehead atoms. The Morgan fingerprint density at radius 2 is 2.05 bits per heavy atom. The number of benzene rings is 1. The molecule has 1 atom stereocenters. The second kappa shape index (κ2) is 6.87. The average Bonchev–Trinajstić information content (AvgIpc) is 2.45. The van der Waals surface area contributed by atoms with E-state index in [4.69, 9.17) is 9.15 Å². The minimum atomic E-state index is -0.993. The third-order valence-electron chi connectivity index (χ3n) is 3.25. The van der Waals surface area contributed by atoms with Crippen molar-refractivity contribution in [2.45, 2.75) is 20.3 Å². The summed E-state index contributed by atoms with van der Waals surface area (Å²) < 4.78 is 11.0. The summed E-state index contributed by atoms with van der Waals surface area (Å²) in [6.07, 6.45) is -0.0288. The quantitative estimate of drug-likeness (QED) is 0.462. The zero-order chi connectivity index (χ0) is 16.3. The van der Waals surface area contributed by atoms with Crippen molar-refractivity contribution in [2.24, 2.45) is 5.92 Å². The van der Waals surface area contributed by atoms with Crippen LogP contribution in [0.5, 0.6) is 0 Å². The summed E-state index contributed by atoms with van der Waals surface area (Å²) in [5.74, 6) is -1.96. The molecule has 116 valence electrons. The highest BCUT2D eigenvalue weighted by Crippen LogP contribution is 2.20. The van der Waals surface area contributed by atoms with Crippen molar-refractivity contribution in [3.63, 3.8) is 0 Å². The Hall–Kier alpha value is -1.95. The number of fused-ring (bicyclic) bond motifs is 1. The van der Waals surface area contributed by atoms with Gasteiger partial charge in [0.05, 0.1) is 6.61 Å². The predicted octanol–water partition coefficient (Wildman–Crippen LogP) is 2.87. The summed E-state index contributed by atoms with van der Waals surface area (Å²) in [4.78, 5) is 35.5. The van der Waals surface area contributed by atoms with Crippen LogP contribution in [-0.2, 0) is 20.7 Å². The van der Waals surface area contributed by atoms with Crippen molar-refractivity contribution in [3.05, 3.63) is 44.7 Å². The van der Waals surface area contributed by atoms with Gasteiger partial charge in [0.15, 0.2) is 0 Å². The molecule has 0 aliphatic rings. The molecule has 0 N–H and O–H groups in total. The Morgan fingerprint density at radius 1 is 1.32 bits per heavy atom. The van der Waals surface area contributed by atoms with Gasteiger partial charge in [-0.1, -0.05) is 15.9 Å². The van der Waals surface area contributed by atoms with Gasteiger partial charge in [0.1, 0.15) is 17.3 Å². The van der Waals surface area contributed by atoms with Gasteiger partial charge in [-0.05, 0) is 44.5 Å². The maximum absolute atomic E-state index is 12.0. The van der Waals surface area contributed by atoms with Gasteiger partial charge in [-0.25, -0.2) is 4.79 Å². The summed E-state index contributed by atoms with van der Waals surface area (Å²) in [5.41, 5.74) is 0.177. The Kier molecular flexibility index (Phi) is 5.13. The van der Waals surface area contributed by atoms with Gasteiger partial charge >= 0.3 is 11.6 Å². The first kappa shape index (κ1) is 16.4. The predicted molar refractivity (Wildman–Crippen MR) is 84.7 cm³/mol. The van der Waals surface area contributed by atoms with E-state index < -0.39 is 17.5 Å². The van der Waals surface area contributed by atoms with Crippen molar-refractivity contribution >= 4 is 38.7 Å². The van der Waals surface area contributed by atoms with Crippen molar-refractivity contribution in [1.82, 2.24) is 0 Å². The van der Waals surface area contributed by atoms with Crippen LogP contribution < -0.4 is 5.63 Å². The smallest absolute Gasteiger partial charge is 0.339 e. The van der Waals surface area contributed by atoms with Crippen molar-refractivity contribution in [1.29, 1.82) is 0 Å². The number of ether oxygens (including phenoxy) is 1. The van der Waals surface area contributed by atoms with E-state index in [9.17, 15) is 14.4 Å². The topological polar surface area (TPSA) is 73.6 Å². The molecule has 0 fully saturated rings. The number of Topliss-reactive ketones (excluding diaryl/α,β-unsaturated/α-hetero) is 1. The molecule has 5 nitrogen and oxygen atoms in total. The molecular formula is C16H15BrO5. The van der Waals surface area contributed by atoms with Crippen molar-refractivity contribution < 1.29 is 18.7 Å². The lowest BCUT2D eigenvalue weighted by Gasteiger charge is -2.12. The summed E-state index contributed by atoms with van der Waals surface area (Å²) in [7, 11) is 0. The number of halogens is 1. The number of ketones is 1. The molecule has 1 aromatic heterocycles. The third kappa shape index (κ3) is 3.62. The van der Waals surface area contributed by atoms with Crippen molar-refractivity contribution in [2.75, 3.05) is 6.61 Å². The SMILES string of the molecule is CCOC(=O)C(Cc1cc2cc(Br)ccc2oc1=O)C(C)=O. The minimum Gasteiger partial charge on any atom is -0.465 e. The van der Waals surface area contributed by atoms with E-state index in [1.165, 1.54) is 6.92 Å². The molecule has 22 heavy (non-hydrogen) atoms. The Labute approximate surface area is 135 Å². The maximum atomic E-state index is 12.0. The van der Waals surface area contributed by atoms with Crippen LogP contribution in [0.25, 0.3) is 11.0 Å². The number of hydrogen-bond acceptors (Lipinski definition) is 5. The second-order valence-corrected chi connectivity index (χ2v) is 5.78. The van der Waals surface area contributed by atoms with E-state index in [1.54, 1.807) is 31.2 Å². The Balaban J connectivity index is 2.40. The minimum absolute atomic E-state index is 0.0288. The van der Waals surface area contributed by atoms with E-state index in [0.29, 0.717) is 5.58 Å².